The Hall–Kier alpha value is -2.30. The van der Waals surface area contributed by atoms with E-state index in [2.05, 4.69) is 10.3 Å². The lowest BCUT2D eigenvalue weighted by atomic mass is 10.1. The van der Waals surface area contributed by atoms with Crippen molar-refractivity contribution >= 4 is 5.91 Å². The average molecular weight is 245 g/mol. The third kappa shape index (κ3) is 3.35. The Morgan fingerprint density at radius 1 is 1.39 bits per heavy atom. The largest absolute Gasteiger partial charge is 0.508 e. The number of amides is 1. The first-order valence-electron chi connectivity index (χ1n) is 5.75. The summed E-state index contributed by atoms with van der Waals surface area (Å²) in [5.41, 5.74) is 0.637. The normalized spacial score (nSPS) is 10.2. The van der Waals surface area contributed by atoms with Crippen molar-refractivity contribution in [2.75, 3.05) is 6.54 Å². The minimum atomic E-state index is -0.100. The molecule has 0 aliphatic carbocycles. The summed E-state index contributed by atoms with van der Waals surface area (Å²) >= 11 is 0. The zero-order chi connectivity index (χ0) is 12.8. The van der Waals surface area contributed by atoms with Gasteiger partial charge in [0.2, 0.25) is 5.91 Å². The molecule has 1 amide bonds. The van der Waals surface area contributed by atoms with Crippen LogP contribution in [0.3, 0.4) is 0 Å². The molecule has 0 fully saturated rings. The fourth-order valence-electron chi connectivity index (χ4n) is 1.64. The number of aromatic nitrogens is 2. The van der Waals surface area contributed by atoms with Gasteiger partial charge in [0.1, 0.15) is 5.75 Å². The summed E-state index contributed by atoms with van der Waals surface area (Å²) in [6.07, 6.45) is 5.44. The summed E-state index contributed by atoms with van der Waals surface area (Å²) in [7, 11) is 0. The van der Waals surface area contributed by atoms with Crippen LogP contribution in [-0.2, 0) is 17.8 Å². The molecular weight excluding hydrogens is 230 g/mol. The molecule has 0 saturated carbocycles. The number of aromatic hydroxyl groups is 1. The SMILES string of the molecule is O=C(Cc1ccccc1O)NCCn1ccnc1. The molecule has 1 heterocycles. The molecule has 18 heavy (non-hydrogen) atoms. The summed E-state index contributed by atoms with van der Waals surface area (Å²) in [5.74, 6) is 0.0545. The van der Waals surface area contributed by atoms with Gasteiger partial charge in [-0.25, -0.2) is 4.98 Å². The number of nitrogens with zero attached hydrogens (tertiary/aromatic N) is 2. The van der Waals surface area contributed by atoms with Crippen molar-refractivity contribution in [3.63, 3.8) is 0 Å². The molecule has 5 heteroatoms. The molecule has 1 aromatic carbocycles. The van der Waals surface area contributed by atoms with Crippen LogP contribution in [0.2, 0.25) is 0 Å². The van der Waals surface area contributed by atoms with Gasteiger partial charge in [0.05, 0.1) is 12.7 Å². The van der Waals surface area contributed by atoms with Gasteiger partial charge in [0, 0.05) is 31.0 Å². The smallest absolute Gasteiger partial charge is 0.224 e. The Bertz CT molecular complexity index is 509. The van der Waals surface area contributed by atoms with E-state index in [4.69, 9.17) is 0 Å². The number of para-hydroxylation sites is 1. The van der Waals surface area contributed by atoms with Crippen LogP contribution < -0.4 is 5.32 Å². The minimum absolute atomic E-state index is 0.100. The van der Waals surface area contributed by atoms with E-state index in [0.717, 1.165) is 0 Å². The van der Waals surface area contributed by atoms with Gasteiger partial charge >= 0.3 is 0 Å². The standard InChI is InChI=1S/C13H15N3O2/c17-12-4-2-1-3-11(12)9-13(18)15-6-8-16-7-5-14-10-16/h1-5,7,10,17H,6,8-9H2,(H,15,18). The molecule has 0 aliphatic rings. The quantitative estimate of drug-likeness (QED) is 0.824. The van der Waals surface area contributed by atoms with Gasteiger partial charge in [-0.2, -0.15) is 0 Å². The predicted molar refractivity (Wildman–Crippen MR) is 67.0 cm³/mol. The molecule has 0 saturated heterocycles. The molecule has 2 N–H and O–H groups in total. The van der Waals surface area contributed by atoms with Gasteiger partial charge in [-0.1, -0.05) is 18.2 Å². The first-order chi connectivity index (χ1) is 8.75. The zero-order valence-corrected chi connectivity index (χ0v) is 9.91. The number of phenolic OH excluding ortho intramolecular Hbond substituents is 1. The maximum atomic E-state index is 11.6. The summed E-state index contributed by atoms with van der Waals surface area (Å²) in [6, 6.07) is 6.85. The number of carbonyl (C=O) groups is 1. The number of imidazole rings is 1. The van der Waals surface area contributed by atoms with E-state index in [0.29, 0.717) is 18.7 Å². The fraction of sp³-hybridized carbons (Fsp3) is 0.231. The number of rotatable bonds is 5. The van der Waals surface area contributed by atoms with Gasteiger partial charge in [-0.05, 0) is 6.07 Å². The minimum Gasteiger partial charge on any atom is -0.508 e. The van der Waals surface area contributed by atoms with Gasteiger partial charge in [0.25, 0.3) is 0 Å². The van der Waals surface area contributed by atoms with E-state index >= 15 is 0 Å². The first kappa shape index (κ1) is 12.2. The van der Waals surface area contributed by atoms with Crippen molar-refractivity contribution in [1.82, 2.24) is 14.9 Å². The predicted octanol–water partition coefficient (Wildman–Crippen LogP) is 0.948. The van der Waals surface area contributed by atoms with Crippen LogP contribution in [0.5, 0.6) is 5.75 Å². The van der Waals surface area contributed by atoms with Gasteiger partial charge in [-0.15, -0.1) is 0 Å². The third-order valence-electron chi connectivity index (χ3n) is 2.59. The maximum Gasteiger partial charge on any atom is 0.224 e. The molecule has 1 aromatic heterocycles. The van der Waals surface area contributed by atoms with E-state index in [1.54, 1.807) is 36.8 Å². The molecule has 0 radical (unpaired) electrons. The van der Waals surface area contributed by atoms with E-state index in [1.807, 2.05) is 10.8 Å². The highest BCUT2D eigenvalue weighted by Crippen LogP contribution is 2.15. The number of nitrogens with one attached hydrogen (secondary N) is 1. The highest BCUT2D eigenvalue weighted by molar-refractivity contribution is 5.79. The summed E-state index contributed by atoms with van der Waals surface area (Å²) in [5, 5.41) is 12.3. The molecule has 0 unspecified atom stereocenters. The Balaban J connectivity index is 1.77. The first-order valence-corrected chi connectivity index (χ1v) is 5.75. The lowest BCUT2D eigenvalue weighted by Crippen LogP contribution is -2.28. The fourth-order valence-corrected chi connectivity index (χ4v) is 1.64. The molecule has 0 atom stereocenters. The van der Waals surface area contributed by atoms with E-state index in [-0.39, 0.29) is 18.1 Å². The zero-order valence-electron chi connectivity index (χ0n) is 9.91. The van der Waals surface area contributed by atoms with E-state index in [9.17, 15) is 9.90 Å². The van der Waals surface area contributed by atoms with Crippen molar-refractivity contribution < 1.29 is 9.90 Å². The topological polar surface area (TPSA) is 67.2 Å². The van der Waals surface area contributed by atoms with Crippen LogP contribution >= 0.6 is 0 Å². The van der Waals surface area contributed by atoms with Gasteiger partial charge < -0.3 is 15.0 Å². The number of phenols is 1. The molecule has 5 nitrogen and oxygen atoms in total. The lowest BCUT2D eigenvalue weighted by molar-refractivity contribution is -0.120. The molecule has 0 aliphatic heterocycles. The van der Waals surface area contributed by atoms with Crippen LogP contribution in [0, 0.1) is 0 Å². The van der Waals surface area contributed by atoms with E-state index < -0.39 is 0 Å². The highest BCUT2D eigenvalue weighted by Gasteiger charge is 2.06. The van der Waals surface area contributed by atoms with Crippen LogP contribution in [0.1, 0.15) is 5.56 Å². The second-order valence-electron chi connectivity index (χ2n) is 3.96. The second kappa shape index (κ2) is 5.86. The average Bonchev–Trinajstić information content (AvgIpc) is 2.85. The second-order valence-corrected chi connectivity index (χ2v) is 3.96. The van der Waals surface area contributed by atoms with Crippen LogP contribution in [0.25, 0.3) is 0 Å². The van der Waals surface area contributed by atoms with Crippen LogP contribution in [-0.4, -0.2) is 27.1 Å². The lowest BCUT2D eigenvalue weighted by Gasteiger charge is -2.07. The number of carbonyl (C=O) groups excluding carboxylic acids is 1. The van der Waals surface area contributed by atoms with Gasteiger partial charge in [0.15, 0.2) is 0 Å². The van der Waals surface area contributed by atoms with Crippen LogP contribution in [0.4, 0.5) is 0 Å². The van der Waals surface area contributed by atoms with Crippen molar-refractivity contribution in [3.05, 3.63) is 48.5 Å². The number of hydrogen-bond donors (Lipinski definition) is 2. The summed E-state index contributed by atoms with van der Waals surface area (Å²) in [6.45, 7) is 1.23. The Morgan fingerprint density at radius 2 is 2.22 bits per heavy atom. The Morgan fingerprint density at radius 3 is 2.94 bits per heavy atom. The molecular formula is C13H15N3O2. The van der Waals surface area contributed by atoms with Gasteiger partial charge in [-0.3, -0.25) is 4.79 Å². The van der Waals surface area contributed by atoms with E-state index in [1.165, 1.54) is 0 Å². The molecule has 94 valence electrons. The van der Waals surface area contributed by atoms with Crippen molar-refractivity contribution in [2.45, 2.75) is 13.0 Å². The number of benzene rings is 1. The summed E-state index contributed by atoms with van der Waals surface area (Å²) < 4.78 is 1.89. The summed E-state index contributed by atoms with van der Waals surface area (Å²) in [4.78, 5) is 15.6. The van der Waals surface area contributed by atoms with Crippen molar-refractivity contribution in [2.24, 2.45) is 0 Å². The van der Waals surface area contributed by atoms with Crippen molar-refractivity contribution in [1.29, 1.82) is 0 Å². The highest BCUT2D eigenvalue weighted by atomic mass is 16.3. The van der Waals surface area contributed by atoms with Crippen LogP contribution in [0.15, 0.2) is 43.0 Å². The molecule has 2 aromatic rings. The monoisotopic (exact) mass is 245 g/mol. The third-order valence-corrected chi connectivity index (χ3v) is 2.59. The Labute approximate surface area is 105 Å². The molecule has 0 spiro atoms. The molecule has 2 rings (SSSR count). The maximum absolute atomic E-state index is 11.6. The van der Waals surface area contributed by atoms with Crippen molar-refractivity contribution in [3.8, 4) is 5.75 Å². The number of hydrogen-bond acceptors (Lipinski definition) is 3. The molecule has 0 bridgehead atoms. The Kier molecular flexibility index (Phi) is 3.96.